The summed E-state index contributed by atoms with van der Waals surface area (Å²) in [5.74, 6) is 0.142. The van der Waals surface area contributed by atoms with Crippen LogP contribution < -0.4 is 5.32 Å². The summed E-state index contributed by atoms with van der Waals surface area (Å²) in [6.45, 7) is 12.2. The standard InChI is InChI=1S/C20H36N2O2/c1-14(2)22-12-8-9-15(22)13-21-19(24)17-11-7-6-10-16(17)18(23)20(3,4)5/h14-17H,6-13H2,1-5H3,(H,21,24)/t15-,16+,17-/m0/s1. The van der Waals surface area contributed by atoms with Gasteiger partial charge in [0.1, 0.15) is 5.78 Å². The fourth-order valence-electron chi connectivity index (χ4n) is 4.42. The third kappa shape index (κ3) is 4.59. The Balaban J connectivity index is 1.95. The largest absolute Gasteiger partial charge is 0.354 e. The summed E-state index contributed by atoms with van der Waals surface area (Å²) in [5.41, 5.74) is -0.361. The van der Waals surface area contributed by atoms with Crippen molar-refractivity contribution in [2.45, 2.75) is 85.2 Å². The van der Waals surface area contributed by atoms with Gasteiger partial charge in [0.25, 0.3) is 0 Å². The summed E-state index contributed by atoms with van der Waals surface area (Å²) in [6.07, 6.45) is 6.24. The SMILES string of the molecule is CC(C)N1CCC[C@H]1CNC(=O)[C@H]1CCCC[C@H]1C(=O)C(C)(C)C. The molecule has 1 saturated carbocycles. The number of Topliss-reactive ketones (excluding diaryl/α,β-unsaturated/α-hetero) is 1. The van der Waals surface area contributed by atoms with E-state index in [0.29, 0.717) is 12.1 Å². The Hall–Kier alpha value is -0.900. The van der Waals surface area contributed by atoms with E-state index in [0.717, 1.165) is 45.2 Å². The van der Waals surface area contributed by atoms with E-state index in [2.05, 4.69) is 24.1 Å². The highest BCUT2D eigenvalue weighted by molar-refractivity contribution is 5.91. The highest BCUT2D eigenvalue weighted by Crippen LogP contribution is 2.35. The molecule has 24 heavy (non-hydrogen) atoms. The first kappa shape index (κ1) is 19.4. The summed E-state index contributed by atoms with van der Waals surface area (Å²) in [4.78, 5) is 28.0. The van der Waals surface area contributed by atoms with Crippen molar-refractivity contribution < 1.29 is 9.59 Å². The second-order valence-electron chi connectivity index (χ2n) is 8.98. The van der Waals surface area contributed by atoms with Crippen molar-refractivity contribution in [3.8, 4) is 0 Å². The van der Waals surface area contributed by atoms with Crippen LogP contribution in [0.15, 0.2) is 0 Å². The summed E-state index contributed by atoms with van der Waals surface area (Å²) >= 11 is 0. The molecular weight excluding hydrogens is 300 g/mol. The molecule has 0 aromatic heterocycles. The van der Waals surface area contributed by atoms with Gasteiger partial charge in [-0.1, -0.05) is 33.6 Å². The van der Waals surface area contributed by atoms with Gasteiger partial charge in [-0.15, -0.1) is 0 Å². The fraction of sp³-hybridized carbons (Fsp3) is 0.900. The molecule has 1 heterocycles. The van der Waals surface area contributed by atoms with Gasteiger partial charge in [0.2, 0.25) is 5.91 Å². The van der Waals surface area contributed by atoms with Crippen LogP contribution in [0, 0.1) is 17.3 Å². The fourth-order valence-corrected chi connectivity index (χ4v) is 4.42. The van der Waals surface area contributed by atoms with Crippen molar-refractivity contribution >= 4 is 11.7 Å². The Morgan fingerprint density at radius 1 is 1.04 bits per heavy atom. The van der Waals surface area contributed by atoms with Crippen LogP contribution in [0.4, 0.5) is 0 Å². The van der Waals surface area contributed by atoms with Crippen LogP contribution in [0.5, 0.6) is 0 Å². The molecule has 3 atom stereocenters. The van der Waals surface area contributed by atoms with Crippen LogP contribution in [0.25, 0.3) is 0 Å². The average molecular weight is 337 g/mol. The zero-order chi connectivity index (χ0) is 17.9. The minimum Gasteiger partial charge on any atom is -0.354 e. The van der Waals surface area contributed by atoms with Crippen molar-refractivity contribution in [1.29, 1.82) is 0 Å². The van der Waals surface area contributed by atoms with Gasteiger partial charge in [-0.3, -0.25) is 14.5 Å². The molecule has 0 radical (unpaired) electrons. The predicted molar refractivity (Wildman–Crippen MR) is 97.8 cm³/mol. The molecule has 4 nitrogen and oxygen atoms in total. The van der Waals surface area contributed by atoms with Crippen LogP contribution in [-0.4, -0.2) is 41.8 Å². The van der Waals surface area contributed by atoms with E-state index in [9.17, 15) is 9.59 Å². The second kappa shape index (κ2) is 7.99. The number of nitrogens with one attached hydrogen (secondary N) is 1. The Morgan fingerprint density at radius 3 is 2.25 bits per heavy atom. The molecule has 1 N–H and O–H groups in total. The van der Waals surface area contributed by atoms with Gasteiger partial charge >= 0.3 is 0 Å². The lowest BCUT2D eigenvalue weighted by Crippen LogP contribution is -2.47. The van der Waals surface area contributed by atoms with Crippen molar-refractivity contribution in [2.24, 2.45) is 17.3 Å². The third-order valence-corrected chi connectivity index (χ3v) is 5.78. The third-order valence-electron chi connectivity index (χ3n) is 5.78. The number of likely N-dealkylation sites (tertiary alicyclic amines) is 1. The minimum absolute atomic E-state index is 0.0940. The highest BCUT2D eigenvalue weighted by atomic mass is 16.2. The number of carbonyl (C=O) groups excluding carboxylic acids is 2. The quantitative estimate of drug-likeness (QED) is 0.837. The molecule has 1 saturated heterocycles. The summed E-state index contributed by atoms with van der Waals surface area (Å²) in [6, 6.07) is 0.980. The van der Waals surface area contributed by atoms with Crippen molar-refractivity contribution in [2.75, 3.05) is 13.1 Å². The topological polar surface area (TPSA) is 49.4 Å². The molecule has 0 aromatic carbocycles. The van der Waals surface area contributed by atoms with E-state index >= 15 is 0 Å². The lowest BCUT2D eigenvalue weighted by molar-refractivity contribution is -0.140. The smallest absolute Gasteiger partial charge is 0.223 e. The maximum absolute atomic E-state index is 12.8. The van der Waals surface area contributed by atoms with E-state index < -0.39 is 0 Å². The first-order valence-corrected chi connectivity index (χ1v) is 9.79. The number of hydrogen-bond donors (Lipinski definition) is 1. The molecule has 2 fully saturated rings. The van der Waals surface area contributed by atoms with E-state index in [1.54, 1.807) is 0 Å². The second-order valence-corrected chi connectivity index (χ2v) is 8.98. The molecule has 1 amide bonds. The Morgan fingerprint density at radius 2 is 1.67 bits per heavy atom. The summed E-state index contributed by atoms with van der Waals surface area (Å²) in [7, 11) is 0. The van der Waals surface area contributed by atoms with Crippen molar-refractivity contribution in [3.05, 3.63) is 0 Å². The number of amides is 1. The lowest BCUT2D eigenvalue weighted by atomic mass is 9.70. The molecule has 1 aliphatic carbocycles. The molecule has 0 spiro atoms. The van der Waals surface area contributed by atoms with Gasteiger partial charge in [0.15, 0.2) is 0 Å². The molecule has 2 rings (SSSR count). The maximum atomic E-state index is 12.8. The Kier molecular flexibility index (Phi) is 6.46. The zero-order valence-corrected chi connectivity index (χ0v) is 16.2. The van der Waals surface area contributed by atoms with Gasteiger partial charge in [-0.05, 0) is 46.1 Å². The van der Waals surface area contributed by atoms with Gasteiger partial charge in [-0.2, -0.15) is 0 Å². The molecule has 1 aliphatic heterocycles. The van der Waals surface area contributed by atoms with Crippen molar-refractivity contribution in [1.82, 2.24) is 10.2 Å². The van der Waals surface area contributed by atoms with Crippen molar-refractivity contribution in [3.63, 3.8) is 0 Å². The van der Waals surface area contributed by atoms with E-state index in [4.69, 9.17) is 0 Å². The van der Waals surface area contributed by atoms with Gasteiger partial charge in [0, 0.05) is 35.9 Å². The highest BCUT2D eigenvalue weighted by Gasteiger charge is 2.40. The van der Waals surface area contributed by atoms with Crippen LogP contribution in [-0.2, 0) is 9.59 Å². The molecule has 0 aromatic rings. The van der Waals surface area contributed by atoms with Crippen LogP contribution in [0.1, 0.15) is 73.1 Å². The molecule has 0 unspecified atom stereocenters. The summed E-state index contributed by atoms with van der Waals surface area (Å²) < 4.78 is 0. The Bertz CT molecular complexity index is 453. The van der Waals surface area contributed by atoms with E-state index in [1.165, 1.54) is 6.42 Å². The summed E-state index contributed by atoms with van der Waals surface area (Å²) in [5, 5.41) is 3.18. The molecule has 4 heteroatoms. The monoisotopic (exact) mass is 336 g/mol. The van der Waals surface area contributed by atoms with Crippen LogP contribution >= 0.6 is 0 Å². The first-order chi connectivity index (χ1) is 11.2. The lowest BCUT2D eigenvalue weighted by Gasteiger charge is -2.34. The van der Waals surface area contributed by atoms with E-state index in [1.807, 2.05) is 20.8 Å². The molecule has 0 bridgehead atoms. The number of nitrogens with zero attached hydrogens (tertiary/aromatic N) is 1. The molecular formula is C20H36N2O2. The Labute approximate surface area is 147 Å². The van der Waals surface area contributed by atoms with Crippen LogP contribution in [0.2, 0.25) is 0 Å². The normalized spacial score (nSPS) is 29.0. The van der Waals surface area contributed by atoms with Gasteiger partial charge < -0.3 is 5.32 Å². The molecule has 2 aliphatic rings. The van der Waals surface area contributed by atoms with E-state index in [-0.39, 0.29) is 28.9 Å². The minimum atomic E-state index is -0.361. The number of rotatable bonds is 5. The maximum Gasteiger partial charge on any atom is 0.223 e. The van der Waals surface area contributed by atoms with Gasteiger partial charge in [-0.25, -0.2) is 0 Å². The first-order valence-electron chi connectivity index (χ1n) is 9.79. The number of ketones is 1. The van der Waals surface area contributed by atoms with Gasteiger partial charge in [0.05, 0.1) is 0 Å². The zero-order valence-electron chi connectivity index (χ0n) is 16.2. The average Bonchev–Trinajstić information content (AvgIpc) is 2.99. The predicted octanol–water partition coefficient (Wildman–Crippen LogP) is 3.40. The number of hydrogen-bond acceptors (Lipinski definition) is 3. The molecule has 138 valence electrons. The van der Waals surface area contributed by atoms with Crippen LogP contribution in [0.3, 0.4) is 0 Å². The number of carbonyl (C=O) groups is 2.